The van der Waals surface area contributed by atoms with Gasteiger partial charge >= 0.3 is 12.0 Å². The first kappa shape index (κ1) is 19.5. The Kier molecular flexibility index (Phi) is 5.99. The number of urea groups is 1. The Morgan fingerprint density at radius 1 is 1.11 bits per heavy atom. The second kappa shape index (κ2) is 8.61. The molecule has 1 unspecified atom stereocenters. The average molecular weight is 380 g/mol. The Balaban J connectivity index is 2.12. The SMILES string of the molecule is CCOC(=O)C1=C(c2ccccc2)NC(=O)NC1c1cccc(OC(C)C)c1. The number of carbonyl (C=O) groups is 2. The lowest BCUT2D eigenvalue weighted by atomic mass is 9.92. The number of hydrogen-bond donors (Lipinski definition) is 2. The molecule has 3 rings (SSSR count). The van der Waals surface area contributed by atoms with Crippen LogP contribution in [0.5, 0.6) is 5.75 Å². The zero-order valence-electron chi connectivity index (χ0n) is 16.2. The fourth-order valence-corrected chi connectivity index (χ4v) is 3.12. The number of hydrogen-bond acceptors (Lipinski definition) is 4. The lowest BCUT2D eigenvalue weighted by Crippen LogP contribution is -2.45. The highest BCUT2D eigenvalue weighted by atomic mass is 16.5. The predicted octanol–water partition coefficient (Wildman–Crippen LogP) is 3.80. The number of ether oxygens (including phenoxy) is 2. The van der Waals surface area contributed by atoms with E-state index in [1.165, 1.54) is 0 Å². The Hall–Kier alpha value is -3.28. The van der Waals surface area contributed by atoms with E-state index in [9.17, 15) is 9.59 Å². The van der Waals surface area contributed by atoms with Gasteiger partial charge in [-0.3, -0.25) is 0 Å². The third kappa shape index (κ3) is 4.34. The van der Waals surface area contributed by atoms with Crippen LogP contribution in [-0.4, -0.2) is 24.7 Å². The van der Waals surface area contributed by atoms with Gasteiger partial charge in [-0.15, -0.1) is 0 Å². The van der Waals surface area contributed by atoms with Crippen LogP contribution in [0.4, 0.5) is 4.79 Å². The van der Waals surface area contributed by atoms with Crippen molar-refractivity contribution in [3.63, 3.8) is 0 Å². The number of rotatable bonds is 6. The van der Waals surface area contributed by atoms with E-state index in [1.807, 2.05) is 68.4 Å². The molecule has 0 fully saturated rings. The molecule has 146 valence electrons. The van der Waals surface area contributed by atoms with E-state index >= 15 is 0 Å². The number of carbonyl (C=O) groups excluding carboxylic acids is 2. The third-order valence-electron chi connectivity index (χ3n) is 4.19. The van der Waals surface area contributed by atoms with Crippen LogP contribution in [0.25, 0.3) is 5.70 Å². The second-order valence-electron chi connectivity index (χ2n) is 6.65. The normalized spacial score (nSPS) is 16.4. The summed E-state index contributed by atoms with van der Waals surface area (Å²) < 4.78 is 11.1. The van der Waals surface area contributed by atoms with Gasteiger partial charge in [-0.05, 0) is 44.0 Å². The van der Waals surface area contributed by atoms with Gasteiger partial charge in [0, 0.05) is 0 Å². The standard InChI is InChI=1S/C22H24N2O4/c1-4-27-21(25)18-19(15-9-6-5-7-10-15)23-22(26)24-20(18)16-11-8-12-17(13-16)28-14(2)3/h5-14,20H,4H2,1-3H3,(H2,23,24,26). The number of amides is 2. The molecule has 1 aliphatic rings. The molecule has 0 aliphatic carbocycles. The Bertz CT molecular complexity index is 890. The molecule has 0 aromatic heterocycles. The molecule has 6 nitrogen and oxygen atoms in total. The molecule has 0 bridgehead atoms. The maximum Gasteiger partial charge on any atom is 0.338 e. The summed E-state index contributed by atoms with van der Waals surface area (Å²) in [5, 5.41) is 5.60. The zero-order chi connectivity index (χ0) is 20.1. The highest BCUT2D eigenvalue weighted by Gasteiger charge is 2.34. The molecule has 0 saturated heterocycles. The Morgan fingerprint density at radius 2 is 1.86 bits per heavy atom. The van der Waals surface area contributed by atoms with Gasteiger partial charge < -0.3 is 20.1 Å². The maximum atomic E-state index is 12.8. The molecule has 1 atom stereocenters. The van der Waals surface area contributed by atoms with Gasteiger partial charge in [-0.2, -0.15) is 0 Å². The van der Waals surface area contributed by atoms with Crippen LogP contribution in [-0.2, 0) is 9.53 Å². The lowest BCUT2D eigenvalue weighted by Gasteiger charge is -2.29. The smallest absolute Gasteiger partial charge is 0.338 e. The van der Waals surface area contributed by atoms with Crippen molar-refractivity contribution in [1.82, 2.24) is 10.6 Å². The van der Waals surface area contributed by atoms with Crippen LogP contribution in [0.15, 0.2) is 60.2 Å². The first-order valence-electron chi connectivity index (χ1n) is 9.30. The molecule has 0 spiro atoms. The molecule has 2 N–H and O–H groups in total. The largest absolute Gasteiger partial charge is 0.491 e. The third-order valence-corrected chi connectivity index (χ3v) is 4.19. The summed E-state index contributed by atoms with van der Waals surface area (Å²) in [7, 11) is 0. The molecule has 2 aromatic carbocycles. The Morgan fingerprint density at radius 3 is 2.54 bits per heavy atom. The minimum absolute atomic E-state index is 0.0119. The van der Waals surface area contributed by atoms with Gasteiger partial charge in [0.1, 0.15) is 5.75 Å². The molecule has 0 saturated carbocycles. The molecular weight excluding hydrogens is 356 g/mol. The highest BCUT2D eigenvalue weighted by Crippen LogP contribution is 2.33. The first-order chi connectivity index (χ1) is 13.5. The van der Waals surface area contributed by atoms with Crippen LogP contribution < -0.4 is 15.4 Å². The van der Waals surface area contributed by atoms with Crippen molar-refractivity contribution in [1.29, 1.82) is 0 Å². The molecule has 1 heterocycles. The monoisotopic (exact) mass is 380 g/mol. The van der Waals surface area contributed by atoms with Crippen LogP contribution >= 0.6 is 0 Å². The van der Waals surface area contributed by atoms with E-state index < -0.39 is 12.0 Å². The van der Waals surface area contributed by atoms with Crippen molar-refractivity contribution < 1.29 is 19.1 Å². The number of nitrogens with one attached hydrogen (secondary N) is 2. The predicted molar refractivity (Wildman–Crippen MR) is 107 cm³/mol. The van der Waals surface area contributed by atoms with Crippen molar-refractivity contribution in [2.75, 3.05) is 6.61 Å². The summed E-state index contributed by atoms with van der Waals surface area (Å²) in [6, 6.07) is 15.6. The summed E-state index contributed by atoms with van der Waals surface area (Å²) in [5.41, 5.74) is 2.28. The summed E-state index contributed by atoms with van der Waals surface area (Å²) in [6.45, 7) is 5.87. The van der Waals surface area contributed by atoms with Gasteiger partial charge in [-0.25, -0.2) is 9.59 Å². The van der Waals surface area contributed by atoms with Crippen molar-refractivity contribution in [2.24, 2.45) is 0 Å². The fourth-order valence-electron chi connectivity index (χ4n) is 3.12. The minimum atomic E-state index is -0.654. The van der Waals surface area contributed by atoms with Gasteiger partial charge in [0.2, 0.25) is 0 Å². The van der Waals surface area contributed by atoms with Gasteiger partial charge in [0.05, 0.1) is 30.0 Å². The molecule has 28 heavy (non-hydrogen) atoms. The van der Waals surface area contributed by atoms with Crippen molar-refractivity contribution in [3.8, 4) is 5.75 Å². The zero-order valence-corrected chi connectivity index (χ0v) is 16.2. The topological polar surface area (TPSA) is 76.7 Å². The van der Waals surface area contributed by atoms with Crippen LogP contribution in [0.2, 0.25) is 0 Å². The van der Waals surface area contributed by atoms with Gasteiger partial charge in [-0.1, -0.05) is 42.5 Å². The molecule has 0 radical (unpaired) electrons. The number of benzene rings is 2. The van der Waals surface area contributed by atoms with Crippen LogP contribution in [0.3, 0.4) is 0 Å². The summed E-state index contributed by atoms with van der Waals surface area (Å²) >= 11 is 0. The summed E-state index contributed by atoms with van der Waals surface area (Å²) in [4.78, 5) is 25.2. The van der Waals surface area contributed by atoms with E-state index in [0.29, 0.717) is 17.0 Å². The van der Waals surface area contributed by atoms with Gasteiger partial charge in [0.25, 0.3) is 0 Å². The average Bonchev–Trinajstić information content (AvgIpc) is 2.68. The first-order valence-corrected chi connectivity index (χ1v) is 9.30. The van der Waals surface area contributed by atoms with E-state index in [2.05, 4.69) is 10.6 Å². The van der Waals surface area contributed by atoms with Crippen molar-refractivity contribution in [2.45, 2.75) is 32.9 Å². The van der Waals surface area contributed by atoms with Crippen molar-refractivity contribution >= 4 is 17.7 Å². The Labute approximate surface area is 164 Å². The lowest BCUT2D eigenvalue weighted by molar-refractivity contribution is -0.138. The van der Waals surface area contributed by atoms with E-state index in [4.69, 9.17) is 9.47 Å². The molecule has 2 amide bonds. The maximum absolute atomic E-state index is 12.8. The van der Waals surface area contributed by atoms with Gasteiger partial charge in [0.15, 0.2) is 0 Å². The molecule has 1 aliphatic heterocycles. The highest BCUT2D eigenvalue weighted by molar-refractivity contribution is 6.04. The van der Waals surface area contributed by atoms with Crippen LogP contribution in [0, 0.1) is 0 Å². The minimum Gasteiger partial charge on any atom is -0.491 e. The van der Waals surface area contributed by atoms with E-state index in [-0.39, 0.29) is 18.7 Å². The summed E-state index contributed by atoms with van der Waals surface area (Å²) in [6.07, 6.45) is 0.0119. The van der Waals surface area contributed by atoms with E-state index in [0.717, 1.165) is 11.1 Å². The second-order valence-corrected chi connectivity index (χ2v) is 6.65. The number of esters is 1. The molecule has 2 aromatic rings. The van der Waals surface area contributed by atoms with E-state index in [1.54, 1.807) is 6.92 Å². The quantitative estimate of drug-likeness (QED) is 0.748. The summed E-state index contributed by atoms with van der Waals surface area (Å²) in [5.74, 6) is 0.193. The molecule has 6 heteroatoms. The molecular formula is C22H24N2O4. The van der Waals surface area contributed by atoms with Crippen molar-refractivity contribution in [3.05, 3.63) is 71.3 Å². The van der Waals surface area contributed by atoms with Crippen LogP contribution in [0.1, 0.15) is 37.9 Å². The fraction of sp³-hybridized carbons (Fsp3) is 0.273.